The Morgan fingerprint density at radius 2 is 1.72 bits per heavy atom. The Morgan fingerprint density at radius 1 is 1.03 bits per heavy atom. The lowest BCUT2D eigenvalue weighted by Crippen LogP contribution is -2.26. The molecule has 2 aromatic carbocycles. The molecule has 7 nitrogen and oxygen atoms in total. The standard InChI is InChI=1S/C19H17F3N2O5/c20-19(21,22)15-4-2-1-3-12(15)6-8-17(25)23-10-9-13-11-14(18(26)27)5-7-16(13)24(28)29/h1-5,7,11H,6,8-10H2,(H,23,25)(H,26,27)/p-1. The highest BCUT2D eigenvalue weighted by atomic mass is 19.4. The Balaban J connectivity index is 1.95. The van der Waals surface area contributed by atoms with Crippen molar-refractivity contribution in [1.29, 1.82) is 0 Å². The maximum atomic E-state index is 13.0. The first-order valence-electron chi connectivity index (χ1n) is 8.50. The maximum Gasteiger partial charge on any atom is 0.416 e. The van der Waals surface area contributed by atoms with E-state index in [2.05, 4.69) is 5.32 Å². The number of rotatable bonds is 8. The van der Waals surface area contributed by atoms with Crippen LogP contribution >= 0.6 is 0 Å². The molecule has 2 aromatic rings. The minimum absolute atomic E-state index is 0.00699. The Hall–Kier alpha value is -3.43. The van der Waals surface area contributed by atoms with E-state index in [4.69, 9.17) is 0 Å². The van der Waals surface area contributed by atoms with Crippen LogP contribution in [0, 0.1) is 10.1 Å². The van der Waals surface area contributed by atoms with Crippen LogP contribution in [0.2, 0.25) is 0 Å². The number of carboxylic acid groups (broad SMARTS) is 1. The molecule has 2 rings (SSSR count). The van der Waals surface area contributed by atoms with E-state index in [9.17, 15) is 38.0 Å². The highest BCUT2D eigenvalue weighted by Gasteiger charge is 2.32. The van der Waals surface area contributed by atoms with Gasteiger partial charge in [-0.2, -0.15) is 13.2 Å². The van der Waals surface area contributed by atoms with Crippen molar-refractivity contribution in [2.75, 3.05) is 6.54 Å². The zero-order chi connectivity index (χ0) is 21.6. The monoisotopic (exact) mass is 409 g/mol. The van der Waals surface area contributed by atoms with Crippen LogP contribution in [0.1, 0.15) is 33.5 Å². The lowest BCUT2D eigenvalue weighted by Gasteiger charge is -2.12. The molecule has 0 aliphatic rings. The predicted molar refractivity (Wildman–Crippen MR) is 93.9 cm³/mol. The van der Waals surface area contributed by atoms with E-state index >= 15 is 0 Å². The number of alkyl halides is 3. The van der Waals surface area contributed by atoms with Crippen molar-refractivity contribution in [3.8, 4) is 0 Å². The highest BCUT2D eigenvalue weighted by molar-refractivity contribution is 5.86. The van der Waals surface area contributed by atoms with E-state index < -0.39 is 28.5 Å². The molecule has 0 aliphatic heterocycles. The number of carbonyl (C=O) groups excluding carboxylic acids is 2. The fourth-order valence-electron chi connectivity index (χ4n) is 2.78. The second-order valence-corrected chi connectivity index (χ2v) is 6.14. The number of halogens is 3. The molecule has 0 atom stereocenters. The van der Waals surface area contributed by atoms with E-state index in [0.29, 0.717) is 0 Å². The van der Waals surface area contributed by atoms with Crippen molar-refractivity contribution in [2.24, 2.45) is 0 Å². The summed E-state index contributed by atoms with van der Waals surface area (Å²) in [6.45, 7) is -0.0446. The summed E-state index contributed by atoms with van der Waals surface area (Å²) in [6.07, 6.45) is -4.87. The number of carbonyl (C=O) groups is 2. The predicted octanol–water partition coefficient (Wildman–Crippen LogP) is 2.27. The van der Waals surface area contributed by atoms with E-state index in [1.54, 1.807) is 0 Å². The first-order chi connectivity index (χ1) is 13.6. The van der Waals surface area contributed by atoms with Gasteiger partial charge in [-0.1, -0.05) is 18.2 Å². The Labute approximate surface area is 163 Å². The van der Waals surface area contributed by atoms with Gasteiger partial charge in [0.1, 0.15) is 0 Å². The van der Waals surface area contributed by atoms with E-state index in [1.165, 1.54) is 18.2 Å². The van der Waals surface area contributed by atoms with E-state index in [0.717, 1.165) is 24.3 Å². The highest BCUT2D eigenvalue weighted by Crippen LogP contribution is 2.32. The third kappa shape index (κ3) is 6.03. The number of aromatic carboxylic acids is 1. The van der Waals surface area contributed by atoms with Gasteiger partial charge in [0.05, 0.1) is 16.5 Å². The number of nitro groups is 1. The third-order valence-corrected chi connectivity index (χ3v) is 4.17. The fourth-order valence-corrected chi connectivity index (χ4v) is 2.78. The van der Waals surface area contributed by atoms with Crippen LogP contribution in [-0.2, 0) is 23.8 Å². The lowest BCUT2D eigenvalue weighted by molar-refractivity contribution is -0.385. The molecule has 0 spiro atoms. The second-order valence-electron chi connectivity index (χ2n) is 6.14. The quantitative estimate of drug-likeness (QED) is 0.531. The summed E-state index contributed by atoms with van der Waals surface area (Å²) < 4.78 is 38.9. The Bertz CT molecular complexity index is 928. The summed E-state index contributed by atoms with van der Waals surface area (Å²) in [5.41, 5.74) is -1.25. The molecule has 10 heteroatoms. The van der Waals surface area contributed by atoms with Gasteiger partial charge in [0, 0.05) is 24.6 Å². The molecule has 154 valence electrons. The molecule has 0 heterocycles. The number of nitrogens with zero attached hydrogens (tertiary/aromatic N) is 1. The number of carboxylic acids is 1. The van der Waals surface area contributed by atoms with Crippen molar-refractivity contribution < 1.29 is 32.8 Å². The normalized spacial score (nSPS) is 11.1. The van der Waals surface area contributed by atoms with Crippen molar-refractivity contribution in [3.63, 3.8) is 0 Å². The van der Waals surface area contributed by atoms with Gasteiger partial charge in [0.2, 0.25) is 5.91 Å². The van der Waals surface area contributed by atoms with Gasteiger partial charge in [-0.25, -0.2) is 0 Å². The van der Waals surface area contributed by atoms with Crippen LogP contribution in [-0.4, -0.2) is 23.3 Å². The number of benzene rings is 2. The minimum atomic E-state index is -4.52. The van der Waals surface area contributed by atoms with Gasteiger partial charge in [0.25, 0.3) is 5.69 Å². The lowest BCUT2D eigenvalue weighted by atomic mass is 10.0. The molecule has 0 fully saturated rings. The van der Waals surface area contributed by atoms with Gasteiger partial charge >= 0.3 is 6.18 Å². The summed E-state index contributed by atoms with van der Waals surface area (Å²) in [7, 11) is 0. The molecule has 0 bridgehead atoms. The number of hydrogen-bond acceptors (Lipinski definition) is 5. The molecule has 1 N–H and O–H groups in total. The maximum absolute atomic E-state index is 13.0. The van der Waals surface area contributed by atoms with Gasteiger partial charge in [-0.15, -0.1) is 0 Å². The van der Waals surface area contributed by atoms with E-state index in [-0.39, 0.29) is 48.2 Å². The molecule has 1 amide bonds. The zero-order valence-corrected chi connectivity index (χ0v) is 15.0. The van der Waals surface area contributed by atoms with E-state index in [1.807, 2.05) is 0 Å². The van der Waals surface area contributed by atoms with Crippen molar-refractivity contribution in [3.05, 3.63) is 74.8 Å². The molecule has 29 heavy (non-hydrogen) atoms. The van der Waals surface area contributed by atoms with Crippen LogP contribution in [0.5, 0.6) is 0 Å². The number of hydrogen-bond donors (Lipinski definition) is 1. The molecule has 0 aromatic heterocycles. The topological polar surface area (TPSA) is 112 Å². The van der Waals surface area contributed by atoms with Gasteiger partial charge in [0.15, 0.2) is 0 Å². The fraction of sp³-hybridized carbons (Fsp3) is 0.263. The van der Waals surface area contributed by atoms with Crippen molar-refractivity contribution in [2.45, 2.75) is 25.4 Å². The summed E-state index contributed by atoms with van der Waals surface area (Å²) in [5.74, 6) is -2.02. The molecule has 0 saturated carbocycles. The summed E-state index contributed by atoms with van der Waals surface area (Å²) in [5, 5.41) is 24.4. The largest absolute Gasteiger partial charge is 0.545 e. The Morgan fingerprint density at radius 3 is 2.34 bits per heavy atom. The van der Waals surface area contributed by atoms with Crippen LogP contribution in [0.25, 0.3) is 0 Å². The van der Waals surface area contributed by atoms with Gasteiger partial charge in [-0.3, -0.25) is 14.9 Å². The molecular formula is C19H16F3N2O5-. The van der Waals surface area contributed by atoms with Crippen LogP contribution in [0.15, 0.2) is 42.5 Å². The molecule has 0 saturated heterocycles. The number of nitrogens with one attached hydrogen (secondary N) is 1. The van der Waals surface area contributed by atoms with Crippen LogP contribution in [0.4, 0.5) is 18.9 Å². The molecule has 0 radical (unpaired) electrons. The van der Waals surface area contributed by atoms with Crippen molar-refractivity contribution >= 4 is 17.6 Å². The van der Waals surface area contributed by atoms with Gasteiger partial charge in [-0.05, 0) is 42.2 Å². The average Bonchev–Trinajstić information content (AvgIpc) is 2.65. The summed E-state index contributed by atoms with van der Waals surface area (Å²) in [6, 6.07) is 8.14. The van der Waals surface area contributed by atoms with Crippen LogP contribution in [0.3, 0.4) is 0 Å². The average molecular weight is 409 g/mol. The molecule has 0 unspecified atom stereocenters. The third-order valence-electron chi connectivity index (χ3n) is 4.17. The van der Waals surface area contributed by atoms with Gasteiger partial charge < -0.3 is 15.2 Å². The number of aryl methyl sites for hydroxylation is 1. The smallest absolute Gasteiger partial charge is 0.416 e. The summed E-state index contributed by atoms with van der Waals surface area (Å²) >= 11 is 0. The first-order valence-corrected chi connectivity index (χ1v) is 8.50. The second kappa shape index (κ2) is 9.18. The molecular weight excluding hydrogens is 393 g/mol. The van der Waals surface area contributed by atoms with Crippen molar-refractivity contribution in [1.82, 2.24) is 5.32 Å². The Kier molecular flexibility index (Phi) is 6.92. The summed E-state index contributed by atoms with van der Waals surface area (Å²) in [4.78, 5) is 33.2. The molecule has 0 aliphatic carbocycles. The first kappa shape index (κ1) is 21.9. The number of amides is 1. The zero-order valence-electron chi connectivity index (χ0n) is 15.0. The SMILES string of the molecule is O=C(CCc1ccccc1C(F)(F)F)NCCc1cc(C(=O)[O-])ccc1[N+](=O)[O-]. The minimum Gasteiger partial charge on any atom is -0.545 e. The number of nitro benzene ring substituents is 1. The van der Waals surface area contributed by atoms with Crippen LogP contribution < -0.4 is 10.4 Å².